The minimum atomic E-state index is 0.0724. The fraction of sp³-hybridized carbons (Fsp3) is 0.364. The summed E-state index contributed by atoms with van der Waals surface area (Å²) in [7, 11) is 0. The Morgan fingerprint density at radius 2 is 1.83 bits per heavy atom. The topological polar surface area (TPSA) is 67.2 Å². The normalized spacial score (nSPS) is 14.7. The van der Waals surface area contributed by atoms with Gasteiger partial charge in [0, 0.05) is 62.2 Å². The van der Waals surface area contributed by atoms with E-state index < -0.39 is 0 Å². The standard InChI is InChI=1S/C22H26N6O/c1-2-4-18-15-24-22(25-16-18)27-11-3-10-26(13-14-27)21(29)19-5-7-20(8-6-19)28-12-9-23-17-28/h5-9,12,15-17H,2-4,10-11,13-14H2,1H3. The molecule has 150 valence electrons. The quantitative estimate of drug-likeness (QED) is 0.670. The van der Waals surface area contributed by atoms with Crippen LogP contribution >= 0.6 is 0 Å². The number of nitrogens with zero attached hydrogens (tertiary/aromatic N) is 6. The molecule has 1 aliphatic rings. The Morgan fingerprint density at radius 3 is 2.52 bits per heavy atom. The van der Waals surface area contributed by atoms with E-state index in [1.165, 1.54) is 5.56 Å². The van der Waals surface area contributed by atoms with Gasteiger partial charge in [0.05, 0.1) is 6.33 Å². The van der Waals surface area contributed by atoms with Crippen molar-refractivity contribution in [1.29, 1.82) is 0 Å². The number of carbonyl (C=O) groups is 1. The Labute approximate surface area is 171 Å². The van der Waals surface area contributed by atoms with Crippen LogP contribution in [0.4, 0.5) is 5.95 Å². The smallest absolute Gasteiger partial charge is 0.253 e. The average molecular weight is 390 g/mol. The maximum atomic E-state index is 13.0. The van der Waals surface area contributed by atoms with Crippen molar-refractivity contribution in [3.63, 3.8) is 0 Å². The molecule has 0 bridgehead atoms. The highest BCUT2D eigenvalue weighted by Gasteiger charge is 2.21. The third-order valence-corrected chi connectivity index (χ3v) is 5.21. The van der Waals surface area contributed by atoms with Crippen LogP contribution in [0.25, 0.3) is 5.69 Å². The van der Waals surface area contributed by atoms with Gasteiger partial charge in [-0.3, -0.25) is 4.79 Å². The van der Waals surface area contributed by atoms with E-state index in [1.807, 2.05) is 52.3 Å². The molecule has 29 heavy (non-hydrogen) atoms. The lowest BCUT2D eigenvalue weighted by molar-refractivity contribution is 0.0767. The van der Waals surface area contributed by atoms with Gasteiger partial charge in [-0.25, -0.2) is 15.0 Å². The average Bonchev–Trinajstić information content (AvgIpc) is 3.19. The molecule has 1 aliphatic heterocycles. The highest BCUT2D eigenvalue weighted by Crippen LogP contribution is 2.15. The number of anilines is 1. The van der Waals surface area contributed by atoms with Gasteiger partial charge in [0.1, 0.15) is 0 Å². The Morgan fingerprint density at radius 1 is 1.03 bits per heavy atom. The molecule has 0 radical (unpaired) electrons. The zero-order valence-electron chi connectivity index (χ0n) is 16.7. The molecule has 0 N–H and O–H groups in total. The minimum absolute atomic E-state index is 0.0724. The Balaban J connectivity index is 1.39. The molecule has 7 nitrogen and oxygen atoms in total. The molecule has 3 heterocycles. The summed E-state index contributed by atoms with van der Waals surface area (Å²) in [6.07, 6.45) is 12.2. The molecule has 0 saturated carbocycles. The van der Waals surface area contributed by atoms with E-state index in [0.29, 0.717) is 12.1 Å². The molecule has 1 amide bonds. The summed E-state index contributed by atoms with van der Waals surface area (Å²) in [4.78, 5) is 30.2. The third kappa shape index (κ3) is 4.45. The predicted octanol–water partition coefficient (Wildman–Crippen LogP) is 2.97. The maximum absolute atomic E-state index is 13.0. The van der Waals surface area contributed by atoms with Crippen LogP contribution < -0.4 is 4.90 Å². The monoisotopic (exact) mass is 390 g/mol. The number of aryl methyl sites for hydroxylation is 1. The third-order valence-electron chi connectivity index (χ3n) is 5.21. The molecule has 3 aromatic rings. The first-order valence-electron chi connectivity index (χ1n) is 10.2. The zero-order valence-corrected chi connectivity index (χ0v) is 16.7. The van der Waals surface area contributed by atoms with Crippen LogP contribution in [0.1, 0.15) is 35.7 Å². The number of amides is 1. The second kappa shape index (κ2) is 8.86. The lowest BCUT2D eigenvalue weighted by Crippen LogP contribution is -2.35. The summed E-state index contributed by atoms with van der Waals surface area (Å²) in [6, 6.07) is 7.67. The van der Waals surface area contributed by atoms with E-state index in [2.05, 4.69) is 26.8 Å². The van der Waals surface area contributed by atoms with Crippen molar-refractivity contribution >= 4 is 11.9 Å². The van der Waals surface area contributed by atoms with Crippen LogP contribution in [0.5, 0.6) is 0 Å². The van der Waals surface area contributed by atoms with Gasteiger partial charge in [0.25, 0.3) is 5.91 Å². The van der Waals surface area contributed by atoms with Crippen molar-refractivity contribution < 1.29 is 4.79 Å². The molecule has 0 unspecified atom stereocenters. The minimum Gasteiger partial charge on any atom is -0.339 e. The van der Waals surface area contributed by atoms with Crippen LogP contribution in [0, 0.1) is 0 Å². The zero-order chi connectivity index (χ0) is 20.1. The Kier molecular flexibility index (Phi) is 5.84. The molecule has 4 rings (SSSR count). The lowest BCUT2D eigenvalue weighted by Gasteiger charge is -2.22. The van der Waals surface area contributed by atoms with E-state index in [1.54, 1.807) is 12.5 Å². The number of hydrogen-bond acceptors (Lipinski definition) is 5. The van der Waals surface area contributed by atoms with Crippen LogP contribution in [-0.2, 0) is 6.42 Å². The second-order valence-corrected chi connectivity index (χ2v) is 7.29. The molecule has 1 saturated heterocycles. The predicted molar refractivity (Wildman–Crippen MR) is 112 cm³/mol. The number of hydrogen-bond donors (Lipinski definition) is 0. The molecule has 7 heteroatoms. The Hall–Kier alpha value is -3.22. The van der Waals surface area contributed by atoms with Crippen LogP contribution in [0.3, 0.4) is 0 Å². The van der Waals surface area contributed by atoms with E-state index >= 15 is 0 Å². The summed E-state index contributed by atoms with van der Waals surface area (Å²) in [5.41, 5.74) is 2.87. The van der Waals surface area contributed by atoms with Gasteiger partial charge in [-0.15, -0.1) is 0 Å². The largest absolute Gasteiger partial charge is 0.339 e. The van der Waals surface area contributed by atoms with E-state index in [4.69, 9.17) is 0 Å². The van der Waals surface area contributed by atoms with Gasteiger partial charge in [0.2, 0.25) is 5.95 Å². The summed E-state index contributed by atoms with van der Waals surface area (Å²) < 4.78 is 1.92. The fourth-order valence-corrected chi connectivity index (χ4v) is 3.62. The van der Waals surface area contributed by atoms with Gasteiger partial charge >= 0.3 is 0 Å². The van der Waals surface area contributed by atoms with Crippen molar-refractivity contribution in [2.75, 3.05) is 31.1 Å². The number of rotatable bonds is 5. The number of benzene rings is 1. The van der Waals surface area contributed by atoms with Crippen molar-refractivity contribution in [2.45, 2.75) is 26.2 Å². The van der Waals surface area contributed by atoms with Gasteiger partial charge in [-0.2, -0.15) is 0 Å². The van der Waals surface area contributed by atoms with Crippen LogP contribution in [0.15, 0.2) is 55.4 Å². The van der Waals surface area contributed by atoms with Crippen molar-refractivity contribution in [3.8, 4) is 5.69 Å². The van der Waals surface area contributed by atoms with Crippen LogP contribution in [0.2, 0.25) is 0 Å². The molecule has 0 spiro atoms. The molecular weight excluding hydrogens is 364 g/mol. The molecule has 0 aliphatic carbocycles. The van der Waals surface area contributed by atoms with E-state index in [0.717, 1.165) is 50.5 Å². The maximum Gasteiger partial charge on any atom is 0.253 e. The summed E-state index contributed by atoms with van der Waals surface area (Å²) >= 11 is 0. The number of carbonyl (C=O) groups excluding carboxylic acids is 1. The first-order valence-corrected chi connectivity index (χ1v) is 10.2. The lowest BCUT2D eigenvalue weighted by atomic mass is 10.1. The first kappa shape index (κ1) is 19.1. The van der Waals surface area contributed by atoms with Gasteiger partial charge in [-0.05, 0) is 42.7 Å². The van der Waals surface area contributed by atoms with E-state index in [-0.39, 0.29) is 5.91 Å². The molecule has 1 fully saturated rings. The summed E-state index contributed by atoms with van der Waals surface area (Å²) in [5.74, 6) is 0.826. The molecule has 2 aromatic heterocycles. The summed E-state index contributed by atoms with van der Waals surface area (Å²) in [6.45, 7) is 5.16. The van der Waals surface area contributed by atoms with Crippen molar-refractivity contribution in [3.05, 3.63) is 66.5 Å². The van der Waals surface area contributed by atoms with Crippen molar-refractivity contribution in [1.82, 2.24) is 24.4 Å². The van der Waals surface area contributed by atoms with Gasteiger partial charge in [0.15, 0.2) is 0 Å². The van der Waals surface area contributed by atoms with E-state index in [9.17, 15) is 4.79 Å². The molecule has 0 atom stereocenters. The number of imidazole rings is 1. The van der Waals surface area contributed by atoms with Gasteiger partial charge in [-0.1, -0.05) is 13.3 Å². The van der Waals surface area contributed by atoms with Crippen LogP contribution in [-0.4, -0.2) is 56.5 Å². The molecular formula is C22H26N6O. The van der Waals surface area contributed by atoms with Gasteiger partial charge < -0.3 is 14.4 Å². The first-order chi connectivity index (χ1) is 14.2. The molecule has 1 aromatic carbocycles. The Bertz CT molecular complexity index is 921. The summed E-state index contributed by atoms with van der Waals surface area (Å²) in [5, 5.41) is 0. The highest BCUT2D eigenvalue weighted by atomic mass is 16.2. The second-order valence-electron chi connectivity index (χ2n) is 7.29. The highest BCUT2D eigenvalue weighted by molar-refractivity contribution is 5.94. The van der Waals surface area contributed by atoms with Crippen molar-refractivity contribution in [2.24, 2.45) is 0 Å². The SMILES string of the molecule is CCCc1cnc(N2CCCN(C(=O)c3ccc(-n4ccnc4)cc3)CC2)nc1. The fourth-order valence-electron chi connectivity index (χ4n) is 3.62. The number of aromatic nitrogens is 4.